The first-order valence-corrected chi connectivity index (χ1v) is 6.34. The predicted molar refractivity (Wildman–Crippen MR) is 76.5 cm³/mol. The lowest BCUT2D eigenvalue weighted by Gasteiger charge is -2.15. The fraction of sp³-hybridized carbons (Fsp3) is 0.333. The van der Waals surface area contributed by atoms with Gasteiger partial charge < -0.3 is 10.5 Å². The molecule has 0 atom stereocenters. The number of aromatic nitrogens is 2. The van der Waals surface area contributed by atoms with E-state index in [0.29, 0.717) is 17.6 Å². The van der Waals surface area contributed by atoms with Crippen molar-refractivity contribution in [3.63, 3.8) is 0 Å². The van der Waals surface area contributed by atoms with Crippen LogP contribution in [0.5, 0.6) is 11.6 Å². The number of aryl methyl sites for hydroxylation is 1. The van der Waals surface area contributed by atoms with Crippen molar-refractivity contribution in [2.45, 2.75) is 33.6 Å². The van der Waals surface area contributed by atoms with E-state index < -0.39 is 0 Å². The van der Waals surface area contributed by atoms with Crippen LogP contribution >= 0.6 is 0 Å². The predicted octanol–water partition coefficient (Wildman–Crippen LogP) is 3.59. The molecule has 0 spiro atoms. The molecule has 4 nitrogen and oxygen atoms in total. The van der Waals surface area contributed by atoms with Gasteiger partial charge in [-0.15, -0.1) is 0 Å². The highest BCUT2D eigenvalue weighted by Gasteiger charge is 2.12. The number of nitrogens with zero attached hydrogens (tertiary/aromatic N) is 2. The van der Waals surface area contributed by atoms with E-state index in [1.807, 2.05) is 19.9 Å². The van der Waals surface area contributed by atoms with Gasteiger partial charge >= 0.3 is 0 Å². The second-order valence-corrected chi connectivity index (χ2v) is 4.99. The van der Waals surface area contributed by atoms with Gasteiger partial charge in [-0.3, -0.25) is 0 Å². The number of hydrogen-bond acceptors (Lipinski definition) is 4. The fourth-order valence-electron chi connectivity index (χ4n) is 1.86. The molecule has 0 bridgehead atoms. The van der Waals surface area contributed by atoms with Gasteiger partial charge in [-0.25, -0.2) is 9.97 Å². The van der Waals surface area contributed by atoms with E-state index in [2.05, 4.69) is 35.9 Å². The van der Waals surface area contributed by atoms with Crippen LogP contribution in [-0.4, -0.2) is 9.97 Å². The second kappa shape index (κ2) is 5.26. The Bertz CT molecular complexity index is 594. The van der Waals surface area contributed by atoms with Gasteiger partial charge in [0, 0.05) is 0 Å². The third-order valence-corrected chi connectivity index (χ3v) is 3.07. The zero-order valence-electron chi connectivity index (χ0n) is 11.8. The summed E-state index contributed by atoms with van der Waals surface area (Å²) in [6, 6.07) is 6.20. The first-order valence-electron chi connectivity index (χ1n) is 6.34. The van der Waals surface area contributed by atoms with Crippen molar-refractivity contribution in [3.05, 3.63) is 41.2 Å². The summed E-state index contributed by atoms with van der Waals surface area (Å²) >= 11 is 0. The molecular weight excluding hydrogens is 238 g/mol. The zero-order chi connectivity index (χ0) is 14.0. The summed E-state index contributed by atoms with van der Waals surface area (Å²) in [5.74, 6) is 2.18. The van der Waals surface area contributed by atoms with Crippen LogP contribution in [0.4, 0.5) is 5.82 Å². The molecule has 19 heavy (non-hydrogen) atoms. The Balaban J connectivity index is 2.42. The molecule has 1 heterocycles. The molecular formula is C15H19N3O. The third-order valence-electron chi connectivity index (χ3n) is 3.07. The summed E-state index contributed by atoms with van der Waals surface area (Å²) in [6.07, 6.45) is 1.42. The summed E-state index contributed by atoms with van der Waals surface area (Å²) in [4.78, 5) is 8.09. The number of hydrogen-bond donors (Lipinski definition) is 1. The number of nitrogen functional groups attached to an aromatic ring is 1. The van der Waals surface area contributed by atoms with Crippen molar-refractivity contribution in [2.75, 3.05) is 5.73 Å². The Morgan fingerprint density at radius 2 is 1.89 bits per heavy atom. The molecule has 0 saturated carbocycles. The topological polar surface area (TPSA) is 61.0 Å². The molecule has 0 saturated heterocycles. The molecule has 0 unspecified atom stereocenters. The van der Waals surface area contributed by atoms with Crippen molar-refractivity contribution in [1.82, 2.24) is 9.97 Å². The van der Waals surface area contributed by atoms with Crippen molar-refractivity contribution in [1.29, 1.82) is 0 Å². The van der Waals surface area contributed by atoms with Gasteiger partial charge in [0.15, 0.2) is 0 Å². The van der Waals surface area contributed by atoms with Crippen LogP contribution < -0.4 is 10.5 Å². The SMILES string of the molecule is Cc1ccc(C(C)C)c(Oc2ncnc(N)c2C)c1. The Kier molecular flexibility index (Phi) is 3.69. The molecule has 1 aromatic heterocycles. The summed E-state index contributed by atoms with van der Waals surface area (Å²) in [6.45, 7) is 8.17. The first kappa shape index (κ1) is 13.3. The molecule has 2 N–H and O–H groups in total. The number of ether oxygens (including phenoxy) is 1. The molecule has 0 radical (unpaired) electrons. The van der Waals surface area contributed by atoms with Crippen molar-refractivity contribution >= 4 is 5.82 Å². The van der Waals surface area contributed by atoms with E-state index >= 15 is 0 Å². The van der Waals surface area contributed by atoms with Crippen LogP contribution in [0.15, 0.2) is 24.5 Å². The molecule has 4 heteroatoms. The van der Waals surface area contributed by atoms with Crippen LogP contribution in [0, 0.1) is 13.8 Å². The van der Waals surface area contributed by atoms with Crippen molar-refractivity contribution in [3.8, 4) is 11.6 Å². The van der Waals surface area contributed by atoms with Gasteiger partial charge in [0.2, 0.25) is 5.88 Å². The highest BCUT2D eigenvalue weighted by atomic mass is 16.5. The van der Waals surface area contributed by atoms with Gasteiger partial charge in [-0.05, 0) is 37.0 Å². The lowest BCUT2D eigenvalue weighted by Crippen LogP contribution is -2.01. The quantitative estimate of drug-likeness (QED) is 0.912. The van der Waals surface area contributed by atoms with Crippen LogP contribution in [0.3, 0.4) is 0 Å². The number of anilines is 1. The van der Waals surface area contributed by atoms with Crippen LogP contribution in [0.1, 0.15) is 36.5 Å². The largest absolute Gasteiger partial charge is 0.438 e. The average Bonchev–Trinajstić information content (AvgIpc) is 2.35. The van der Waals surface area contributed by atoms with Gasteiger partial charge in [0.25, 0.3) is 0 Å². The molecule has 1 aromatic carbocycles. The zero-order valence-corrected chi connectivity index (χ0v) is 11.8. The molecule has 2 rings (SSSR count). The molecule has 2 aromatic rings. The molecule has 0 aliphatic carbocycles. The Morgan fingerprint density at radius 1 is 1.16 bits per heavy atom. The number of rotatable bonds is 3. The molecule has 0 aliphatic heterocycles. The normalized spacial score (nSPS) is 10.8. The van der Waals surface area contributed by atoms with Gasteiger partial charge in [-0.2, -0.15) is 0 Å². The Labute approximate surface area is 113 Å². The van der Waals surface area contributed by atoms with Crippen molar-refractivity contribution in [2.24, 2.45) is 0 Å². The third kappa shape index (κ3) is 2.84. The maximum absolute atomic E-state index is 5.93. The first-order chi connectivity index (χ1) is 8.99. The second-order valence-electron chi connectivity index (χ2n) is 4.99. The van der Waals surface area contributed by atoms with E-state index in [9.17, 15) is 0 Å². The van der Waals surface area contributed by atoms with Crippen LogP contribution in [0.2, 0.25) is 0 Å². The van der Waals surface area contributed by atoms with E-state index in [1.54, 1.807) is 0 Å². The molecule has 0 fully saturated rings. The summed E-state index contributed by atoms with van der Waals surface area (Å²) in [7, 11) is 0. The van der Waals surface area contributed by atoms with Crippen molar-refractivity contribution < 1.29 is 4.74 Å². The minimum absolute atomic E-state index is 0.384. The maximum Gasteiger partial charge on any atom is 0.227 e. The van der Waals surface area contributed by atoms with Gasteiger partial charge in [-0.1, -0.05) is 26.0 Å². The monoisotopic (exact) mass is 257 g/mol. The highest BCUT2D eigenvalue weighted by molar-refractivity contribution is 5.47. The molecule has 0 aliphatic rings. The molecule has 100 valence electrons. The lowest BCUT2D eigenvalue weighted by molar-refractivity contribution is 0.449. The van der Waals surface area contributed by atoms with E-state index in [-0.39, 0.29) is 0 Å². The van der Waals surface area contributed by atoms with Gasteiger partial charge in [0.1, 0.15) is 17.9 Å². The minimum Gasteiger partial charge on any atom is -0.438 e. The van der Waals surface area contributed by atoms with E-state index in [1.165, 1.54) is 6.33 Å². The fourth-order valence-corrected chi connectivity index (χ4v) is 1.86. The number of benzene rings is 1. The Morgan fingerprint density at radius 3 is 2.58 bits per heavy atom. The van der Waals surface area contributed by atoms with E-state index in [4.69, 9.17) is 10.5 Å². The maximum atomic E-state index is 5.93. The van der Waals surface area contributed by atoms with Crippen LogP contribution in [0.25, 0.3) is 0 Å². The Hall–Kier alpha value is -2.10. The van der Waals surface area contributed by atoms with Crippen LogP contribution in [-0.2, 0) is 0 Å². The number of nitrogens with two attached hydrogens (primary N) is 1. The standard InChI is InChI=1S/C15H19N3O/c1-9(2)12-6-5-10(3)7-13(12)19-15-11(4)14(16)17-8-18-15/h5-9H,1-4H3,(H2,16,17,18). The smallest absolute Gasteiger partial charge is 0.227 e. The average molecular weight is 257 g/mol. The highest BCUT2D eigenvalue weighted by Crippen LogP contribution is 2.32. The minimum atomic E-state index is 0.384. The summed E-state index contributed by atoms with van der Waals surface area (Å²) in [5, 5.41) is 0. The van der Waals surface area contributed by atoms with Gasteiger partial charge in [0.05, 0.1) is 5.56 Å². The van der Waals surface area contributed by atoms with E-state index in [0.717, 1.165) is 22.4 Å². The summed E-state index contributed by atoms with van der Waals surface area (Å²) in [5.41, 5.74) is 8.84. The molecule has 0 amide bonds. The summed E-state index contributed by atoms with van der Waals surface area (Å²) < 4.78 is 5.93. The lowest BCUT2D eigenvalue weighted by atomic mass is 10.0.